The smallest absolute Gasteiger partial charge is 0.287 e. The van der Waals surface area contributed by atoms with E-state index in [2.05, 4.69) is 15.4 Å². The van der Waals surface area contributed by atoms with Gasteiger partial charge >= 0.3 is 0 Å². The molecule has 0 saturated heterocycles. The van der Waals surface area contributed by atoms with Gasteiger partial charge in [-0.3, -0.25) is 14.4 Å². The molecule has 8 nitrogen and oxygen atoms in total. The third-order valence-electron chi connectivity index (χ3n) is 4.17. The van der Waals surface area contributed by atoms with Crippen molar-refractivity contribution in [2.45, 2.75) is 18.9 Å². The number of nitrogens with zero attached hydrogens (tertiary/aromatic N) is 3. The van der Waals surface area contributed by atoms with Crippen LogP contribution >= 0.6 is 0 Å². The van der Waals surface area contributed by atoms with Gasteiger partial charge in [-0.25, -0.2) is 9.67 Å². The highest BCUT2D eigenvalue weighted by molar-refractivity contribution is 6.37. The molecule has 3 rings (SSSR count). The first-order valence-electron chi connectivity index (χ1n) is 8.70. The average Bonchev–Trinajstić information content (AvgIpc) is 3.22. The molecule has 0 spiro atoms. The van der Waals surface area contributed by atoms with Crippen LogP contribution < -0.4 is 11.1 Å². The average molecular weight is 377 g/mol. The molecule has 0 aliphatic heterocycles. The van der Waals surface area contributed by atoms with Gasteiger partial charge in [-0.05, 0) is 36.6 Å². The topological polar surface area (TPSA) is 120 Å². The first kappa shape index (κ1) is 19.0. The Morgan fingerprint density at radius 1 is 1.00 bits per heavy atom. The quantitative estimate of drug-likeness (QED) is 0.569. The maximum atomic E-state index is 12.7. The molecule has 2 aromatic heterocycles. The number of rotatable bonds is 8. The summed E-state index contributed by atoms with van der Waals surface area (Å²) in [6, 6.07) is 15.1. The number of amides is 2. The summed E-state index contributed by atoms with van der Waals surface area (Å²) < 4.78 is 1.36. The Labute approximate surface area is 161 Å². The van der Waals surface area contributed by atoms with Gasteiger partial charge in [0.15, 0.2) is 5.82 Å². The minimum atomic E-state index is -1.09. The first-order chi connectivity index (χ1) is 13.6. The van der Waals surface area contributed by atoms with E-state index in [1.807, 2.05) is 30.3 Å². The van der Waals surface area contributed by atoms with Crippen molar-refractivity contribution in [2.75, 3.05) is 0 Å². The van der Waals surface area contributed by atoms with E-state index in [1.54, 1.807) is 24.4 Å². The number of carbonyl (C=O) groups is 3. The highest BCUT2D eigenvalue weighted by Gasteiger charge is 2.26. The fourth-order valence-electron chi connectivity index (χ4n) is 2.77. The van der Waals surface area contributed by atoms with E-state index in [0.717, 1.165) is 5.56 Å². The summed E-state index contributed by atoms with van der Waals surface area (Å²) in [5, 5.41) is 6.71. The van der Waals surface area contributed by atoms with Gasteiger partial charge in [0.2, 0.25) is 5.78 Å². The third-order valence-corrected chi connectivity index (χ3v) is 4.17. The van der Waals surface area contributed by atoms with Gasteiger partial charge in [-0.1, -0.05) is 36.4 Å². The van der Waals surface area contributed by atoms with Crippen molar-refractivity contribution >= 4 is 17.6 Å². The first-order valence-corrected chi connectivity index (χ1v) is 8.70. The van der Waals surface area contributed by atoms with E-state index in [-0.39, 0.29) is 12.1 Å². The minimum absolute atomic E-state index is 0.195. The van der Waals surface area contributed by atoms with Crippen LogP contribution in [0.15, 0.2) is 67.0 Å². The third kappa shape index (κ3) is 4.47. The molecule has 1 aromatic carbocycles. The van der Waals surface area contributed by atoms with Crippen molar-refractivity contribution in [2.24, 2.45) is 5.73 Å². The summed E-state index contributed by atoms with van der Waals surface area (Å²) in [6.45, 7) is 0. The SMILES string of the molecule is NC(=O)C(=O)C(CCc1ccccc1)NC(=O)c1ccnn1-c1ccccn1. The van der Waals surface area contributed by atoms with Gasteiger partial charge in [0, 0.05) is 6.20 Å². The number of primary amides is 1. The number of nitrogens with one attached hydrogen (secondary N) is 1. The van der Waals surface area contributed by atoms with Crippen LogP contribution in [-0.4, -0.2) is 38.4 Å². The minimum Gasteiger partial charge on any atom is -0.363 e. The second-order valence-corrected chi connectivity index (χ2v) is 6.10. The zero-order valence-electron chi connectivity index (χ0n) is 15.0. The lowest BCUT2D eigenvalue weighted by molar-refractivity contribution is -0.137. The second-order valence-electron chi connectivity index (χ2n) is 6.10. The van der Waals surface area contributed by atoms with E-state index in [9.17, 15) is 14.4 Å². The van der Waals surface area contributed by atoms with Crippen molar-refractivity contribution < 1.29 is 14.4 Å². The lowest BCUT2D eigenvalue weighted by Gasteiger charge is -2.16. The molecule has 1 atom stereocenters. The van der Waals surface area contributed by atoms with Crippen molar-refractivity contribution in [3.8, 4) is 5.82 Å². The van der Waals surface area contributed by atoms with E-state index in [4.69, 9.17) is 5.73 Å². The lowest BCUT2D eigenvalue weighted by Crippen LogP contribution is -2.46. The van der Waals surface area contributed by atoms with Crippen LogP contribution in [0.5, 0.6) is 0 Å². The van der Waals surface area contributed by atoms with Crippen LogP contribution in [0, 0.1) is 0 Å². The summed E-state index contributed by atoms with van der Waals surface area (Å²) in [5.41, 5.74) is 6.33. The highest BCUT2D eigenvalue weighted by atomic mass is 16.2. The molecule has 142 valence electrons. The zero-order chi connectivity index (χ0) is 19.9. The fourth-order valence-corrected chi connectivity index (χ4v) is 2.77. The maximum Gasteiger partial charge on any atom is 0.287 e. The Morgan fingerprint density at radius 3 is 2.43 bits per heavy atom. The molecule has 3 N–H and O–H groups in total. The number of Topliss-reactive ketones (excluding diaryl/α,β-unsaturated/α-hetero) is 1. The van der Waals surface area contributed by atoms with Crippen LogP contribution in [-0.2, 0) is 16.0 Å². The zero-order valence-corrected chi connectivity index (χ0v) is 15.0. The Hall–Kier alpha value is -3.81. The molecule has 0 radical (unpaired) electrons. The Balaban J connectivity index is 1.77. The van der Waals surface area contributed by atoms with Crippen molar-refractivity contribution in [3.05, 3.63) is 78.2 Å². The summed E-state index contributed by atoms with van der Waals surface area (Å²) in [6.07, 6.45) is 3.79. The van der Waals surface area contributed by atoms with Gasteiger partial charge < -0.3 is 11.1 Å². The van der Waals surface area contributed by atoms with Crippen LogP contribution in [0.2, 0.25) is 0 Å². The number of nitrogens with two attached hydrogens (primary N) is 1. The number of ketones is 1. The molecule has 0 saturated carbocycles. The fraction of sp³-hybridized carbons (Fsp3) is 0.150. The monoisotopic (exact) mass is 377 g/mol. The summed E-state index contributed by atoms with van der Waals surface area (Å²) >= 11 is 0. The number of aromatic nitrogens is 3. The summed E-state index contributed by atoms with van der Waals surface area (Å²) in [5.74, 6) is -2.01. The van der Waals surface area contributed by atoms with E-state index in [1.165, 1.54) is 16.9 Å². The largest absolute Gasteiger partial charge is 0.363 e. The normalized spacial score (nSPS) is 11.6. The van der Waals surface area contributed by atoms with Gasteiger partial charge in [0.05, 0.1) is 12.2 Å². The Bertz CT molecular complexity index is 970. The Kier molecular flexibility index (Phi) is 5.91. The molecule has 2 amide bonds. The molecule has 2 heterocycles. The highest BCUT2D eigenvalue weighted by Crippen LogP contribution is 2.10. The van der Waals surface area contributed by atoms with Crippen LogP contribution in [0.4, 0.5) is 0 Å². The van der Waals surface area contributed by atoms with Gasteiger partial charge in [-0.2, -0.15) is 5.10 Å². The predicted octanol–water partition coefficient (Wildman–Crippen LogP) is 1.05. The molecule has 0 aliphatic rings. The molecule has 0 aliphatic carbocycles. The van der Waals surface area contributed by atoms with Crippen molar-refractivity contribution in [1.29, 1.82) is 0 Å². The molecule has 0 fully saturated rings. The van der Waals surface area contributed by atoms with Gasteiger partial charge in [-0.15, -0.1) is 0 Å². The molecule has 0 bridgehead atoms. The van der Waals surface area contributed by atoms with Gasteiger partial charge in [0.1, 0.15) is 5.69 Å². The Morgan fingerprint density at radius 2 is 1.75 bits per heavy atom. The molecule has 8 heteroatoms. The van der Waals surface area contributed by atoms with Crippen LogP contribution in [0.1, 0.15) is 22.5 Å². The van der Waals surface area contributed by atoms with Crippen molar-refractivity contribution in [3.63, 3.8) is 0 Å². The number of aryl methyl sites for hydroxylation is 1. The maximum absolute atomic E-state index is 12.7. The number of pyridine rings is 1. The van der Waals surface area contributed by atoms with E-state index in [0.29, 0.717) is 12.2 Å². The number of carbonyl (C=O) groups excluding carboxylic acids is 3. The van der Waals surface area contributed by atoms with Gasteiger partial charge in [0.25, 0.3) is 11.8 Å². The number of benzene rings is 1. The molecular formula is C20H19N5O3. The summed E-state index contributed by atoms with van der Waals surface area (Å²) in [4.78, 5) is 40.5. The van der Waals surface area contributed by atoms with E-state index < -0.39 is 23.6 Å². The predicted molar refractivity (Wildman–Crippen MR) is 102 cm³/mol. The number of hydrogen-bond acceptors (Lipinski definition) is 5. The van der Waals surface area contributed by atoms with Crippen LogP contribution in [0.3, 0.4) is 0 Å². The second kappa shape index (κ2) is 8.72. The van der Waals surface area contributed by atoms with E-state index >= 15 is 0 Å². The molecule has 28 heavy (non-hydrogen) atoms. The molecular weight excluding hydrogens is 358 g/mol. The standard InChI is InChI=1S/C20H19N5O3/c21-19(27)18(26)15(10-9-14-6-2-1-3-7-14)24-20(28)16-11-13-23-25(16)17-8-4-5-12-22-17/h1-8,11-13,15H,9-10H2,(H2,21,27)(H,24,28). The number of hydrogen-bond donors (Lipinski definition) is 2. The lowest BCUT2D eigenvalue weighted by atomic mass is 10.0. The summed E-state index contributed by atoms with van der Waals surface area (Å²) in [7, 11) is 0. The molecule has 1 unspecified atom stereocenters. The van der Waals surface area contributed by atoms with Crippen LogP contribution in [0.25, 0.3) is 5.82 Å². The molecule has 3 aromatic rings. The van der Waals surface area contributed by atoms with Crippen molar-refractivity contribution in [1.82, 2.24) is 20.1 Å².